The van der Waals surface area contributed by atoms with Gasteiger partial charge in [-0.3, -0.25) is 4.79 Å². The highest BCUT2D eigenvalue weighted by atomic mass is 19.4. The molecule has 144 valence electrons. The first-order chi connectivity index (χ1) is 13.3. The van der Waals surface area contributed by atoms with Crippen molar-refractivity contribution in [3.8, 4) is 11.6 Å². The van der Waals surface area contributed by atoms with Crippen LogP contribution in [0.4, 0.5) is 27.6 Å². The number of nitrogens with one attached hydrogen (secondary N) is 1. The number of aromatic nitrogens is 2. The summed E-state index contributed by atoms with van der Waals surface area (Å²) in [6.45, 7) is 0. The van der Waals surface area contributed by atoms with Crippen molar-refractivity contribution in [3.63, 3.8) is 0 Å². The van der Waals surface area contributed by atoms with Gasteiger partial charge in [0.15, 0.2) is 5.69 Å². The zero-order chi connectivity index (χ0) is 20.3. The van der Waals surface area contributed by atoms with Gasteiger partial charge in [-0.15, -0.1) is 0 Å². The molecule has 0 radical (unpaired) electrons. The highest BCUT2D eigenvalue weighted by Crippen LogP contribution is 2.37. The normalized spacial score (nSPS) is 11.2. The van der Waals surface area contributed by atoms with Crippen LogP contribution in [0.1, 0.15) is 16.1 Å². The van der Waals surface area contributed by atoms with Crippen LogP contribution in [0.25, 0.3) is 0 Å². The van der Waals surface area contributed by atoms with Crippen LogP contribution < -0.4 is 10.1 Å². The number of carbonyl (C=O) groups is 1. The van der Waals surface area contributed by atoms with Crippen LogP contribution in [-0.2, 0) is 6.18 Å². The molecule has 2 aromatic carbocycles. The summed E-state index contributed by atoms with van der Waals surface area (Å²) in [4.78, 5) is 19.8. The largest absolute Gasteiger partial charge is 0.436 e. The van der Waals surface area contributed by atoms with Crippen LogP contribution in [0.15, 0.2) is 54.9 Å². The molecular formula is C18H10F5N3O2. The zero-order valence-corrected chi connectivity index (χ0v) is 13.8. The van der Waals surface area contributed by atoms with Gasteiger partial charge in [-0.25, -0.2) is 18.7 Å². The average molecular weight is 395 g/mol. The van der Waals surface area contributed by atoms with Gasteiger partial charge in [-0.1, -0.05) is 12.1 Å². The van der Waals surface area contributed by atoms with E-state index >= 15 is 0 Å². The Morgan fingerprint density at radius 3 is 2.43 bits per heavy atom. The van der Waals surface area contributed by atoms with E-state index in [1.807, 2.05) is 0 Å². The summed E-state index contributed by atoms with van der Waals surface area (Å²) in [6.07, 6.45) is -2.47. The number of anilines is 1. The SMILES string of the molecule is O=C(Nc1ccc(F)cc1F)c1nccnc1Oc1ccccc1C(F)(F)F. The molecule has 0 bridgehead atoms. The third-order valence-electron chi connectivity index (χ3n) is 3.46. The number of halogens is 5. The number of rotatable bonds is 4. The maximum atomic E-state index is 13.7. The maximum Gasteiger partial charge on any atom is 0.419 e. The molecule has 0 aliphatic carbocycles. The summed E-state index contributed by atoms with van der Waals surface area (Å²) in [7, 11) is 0. The van der Waals surface area contributed by atoms with Gasteiger partial charge >= 0.3 is 6.18 Å². The Hall–Kier alpha value is -3.56. The Morgan fingerprint density at radius 1 is 1.00 bits per heavy atom. The van der Waals surface area contributed by atoms with E-state index in [2.05, 4.69) is 15.3 Å². The summed E-state index contributed by atoms with van der Waals surface area (Å²) in [6, 6.07) is 6.82. The van der Waals surface area contributed by atoms with Crippen LogP contribution in [0.2, 0.25) is 0 Å². The lowest BCUT2D eigenvalue weighted by Gasteiger charge is -2.14. The molecule has 1 aromatic heterocycles. The second kappa shape index (κ2) is 7.59. The van der Waals surface area contributed by atoms with E-state index in [0.717, 1.165) is 36.7 Å². The van der Waals surface area contributed by atoms with Gasteiger partial charge in [0, 0.05) is 18.5 Å². The predicted molar refractivity (Wildman–Crippen MR) is 87.9 cm³/mol. The summed E-state index contributed by atoms with van der Waals surface area (Å²) in [5.41, 5.74) is -1.90. The number of amides is 1. The number of alkyl halides is 3. The molecule has 10 heteroatoms. The van der Waals surface area contributed by atoms with E-state index in [1.54, 1.807) is 0 Å². The fourth-order valence-corrected chi connectivity index (χ4v) is 2.22. The third kappa shape index (κ3) is 4.22. The van der Waals surface area contributed by atoms with Crippen molar-refractivity contribution in [2.24, 2.45) is 0 Å². The molecule has 0 aliphatic heterocycles. The van der Waals surface area contributed by atoms with Crippen LogP contribution in [0.3, 0.4) is 0 Å². The minimum atomic E-state index is -4.70. The van der Waals surface area contributed by atoms with Crippen molar-refractivity contribution in [2.75, 3.05) is 5.32 Å². The molecule has 5 nitrogen and oxygen atoms in total. The van der Waals surface area contributed by atoms with Crippen LogP contribution in [-0.4, -0.2) is 15.9 Å². The number of carbonyl (C=O) groups excluding carboxylic acids is 1. The summed E-state index contributed by atoms with van der Waals surface area (Å²) in [5.74, 6) is -3.99. The van der Waals surface area contributed by atoms with E-state index in [4.69, 9.17) is 4.74 Å². The molecule has 0 saturated heterocycles. The van der Waals surface area contributed by atoms with Gasteiger partial charge in [0.25, 0.3) is 11.8 Å². The smallest absolute Gasteiger partial charge is 0.419 e. The van der Waals surface area contributed by atoms with E-state index in [1.165, 1.54) is 12.1 Å². The predicted octanol–water partition coefficient (Wildman–Crippen LogP) is 4.82. The van der Waals surface area contributed by atoms with Gasteiger partial charge in [-0.05, 0) is 24.3 Å². The standard InChI is InChI=1S/C18H10F5N3O2/c19-10-5-6-13(12(20)9-10)26-16(27)15-17(25-8-7-24-15)28-14-4-2-1-3-11(14)18(21,22)23/h1-9H,(H,26,27). The highest BCUT2D eigenvalue weighted by molar-refractivity contribution is 6.04. The van der Waals surface area contributed by atoms with Crippen molar-refractivity contribution in [2.45, 2.75) is 6.18 Å². The molecule has 1 heterocycles. The minimum Gasteiger partial charge on any atom is -0.436 e. The molecule has 0 saturated carbocycles. The van der Waals surface area contributed by atoms with Gasteiger partial charge in [0.2, 0.25) is 0 Å². The molecular weight excluding hydrogens is 385 g/mol. The van der Waals surface area contributed by atoms with Crippen LogP contribution >= 0.6 is 0 Å². The molecule has 0 unspecified atom stereocenters. The highest BCUT2D eigenvalue weighted by Gasteiger charge is 2.34. The summed E-state index contributed by atoms with van der Waals surface area (Å²) < 4.78 is 71.2. The molecule has 1 N–H and O–H groups in total. The number of benzene rings is 2. The second-order valence-electron chi connectivity index (χ2n) is 5.38. The van der Waals surface area contributed by atoms with Crippen molar-refractivity contribution >= 4 is 11.6 Å². The number of nitrogens with zero attached hydrogens (tertiary/aromatic N) is 2. The molecule has 0 aliphatic rings. The minimum absolute atomic E-state index is 0.348. The Morgan fingerprint density at radius 2 is 1.71 bits per heavy atom. The zero-order valence-electron chi connectivity index (χ0n) is 13.8. The molecule has 1 amide bonds. The number of ether oxygens (including phenoxy) is 1. The maximum absolute atomic E-state index is 13.7. The van der Waals surface area contributed by atoms with Crippen molar-refractivity contribution < 1.29 is 31.5 Å². The molecule has 3 rings (SSSR count). The summed E-state index contributed by atoms with van der Waals surface area (Å²) in [5, 5.41) is 2.14. The fourth-order valence-electron chi connectivity index (χ4n) is 2.22. The van der Waals surface area contributed by atoms with E-state index in [9.17, 15) is 26.7 Å². The number of hydrogen-bond acceptors (Lipinski definition) is 4. The lowest BCUT2D eigenvalue weighted by atomic mass is 10.2. The third-order valence-corrected chi connectivity index (χ3v) is 3.46. The van der Waals surface area contributed by atoms with Gasteiger partial charge in [0.05, 0.1) is 11.3 Å². The van der Waals surface area contributed by atoms with E-state index in [-0.39, 0.29) is 5.69 Å². The number of hydrogen-bond donors (Lipinski definition) is 1. The Labute approximate surface area is 154 Å². The molecule has 0 atom stereocenters. The Kier molecular flexibility index (Phi) is 5.21. The van der Waals surface area contributed by atoms with Crippen molar-refractivity contribution in [3.05, 3.63) is 77.8 Å². The lowest BCUT2D eigenvalue weighted by Crippen LogP contribution is -2.17. The van der Waals surface area contributed by atoms with Gasteiger partial charge in [0.1, 0.15) is 17.4 Å². The Balaban J connectivity index is 1.91. The number of para-hydroxylation sites is 1. The Bertz CT molecular complexity index is 1020. The van der Waals surface area contributed by atoms with Crippen LogP contribution in [0, 0.1) is 11.6 Å². The molecule has 0 spiro atoms. The monoisotopic (exact) mass is 395 g/mol. The first-order valence-corrected chi connectivity index (χ1v) is 7.67. The summed E-state index contributed by atoms with van der Waals surface area (Å²) >= 11 is 0. The van der Waals surface area contributed by atoms with Crippen molar-refractivity contribution in [1.29, 1.82) is 0 Å². The van der Waals surface area contributed by atoms with Gasteiger partial charge < -0.3 is 10.1 Å². The topological polar surface area (TPSA) is 64.1 Å². The quantitative estimate of drug-likeness (QED) is 0.644. The lowest BCUT2D eigenvalue weighted by molar-refractivity contribution is -0.138. The van der Waals surface area contributed by atoms with E-state index in [0.29, 0.717) is 6.07 Å². The van der Waals surface area contributed by atoms with Gasteiger partial charge in [-0.2, -0.15) is 13.2 Å². The molecule has 3 aromatic rings. The second-order valence-corrected chi connectivity index (χ2v) is 5.38. The molecule has 0 fully saturated rings. The molecule has 28 heavy (non-hydrogen) atoms. The fraction of sp³-hybridized carbons (Fsp3) is 0.0556. The first kappa shape index (κ1) is 19.2. The first-order valence-electron chi connectivity index (χ1n) is 7.67. The average Bonchev–Trinajstić information content (AvgIpc) is 2.64. The van der Waals surface area contributed by atoms with E-state index < -0.39 is 46.6 Å². The van der Waals surface area contributed by atoms with Crippen LogP contribution in [0.5, 0.6) is 11.6 Å². The van der Waals surface area contributed by atoms with Crippen molar-refractivity contribution in [1.82, 2.24) is 9.97 Å².